The average Bonchev–Trinajstić information content (AvgIpc) is 2.13. The Kier molecular flexibility index (Phi) is 5.01. The highest BCUT2D eigenvalue weighted by Crippen LogP contribution is 2.34. The van der Waals surface area contributed by atoms with Crippen LogP contribution in [0.25, 0.3) is 0 Å². The number of rotatable bonds is 7. The second kappa shape index (κ2) is 5.84. The van der Waals surface area contributed by atoms with E-state index >= 15 is 0 Å². The highest BCUT2D eigenvalue weighted by Gasteiger charge is 2.36. The fourth-order valence-corrected chi connectivity index (χ4v) is 1.67. The zero-order chi connectivity index (χ0) is 12.1. The summed E-state index contributed by atoms with van der Waals surface area (Å²) in [5.74, 6) is 0. The zero-order valence-electron chi connectivity index (χ0n) is 9.40. The van der Waals surface area contributed by atoms with Gasteiger partial charge in [0.15, 0.2) is 0 Å². The first-order valence-electron chi connectivity index (χ1n) is 5.38. The molecule has 0 aromatic carbocycles. The lowest BCUT2D eigenvalue weighted by Crippen LogP contribution is -2.48. The number of nitrogens with one attached hydrogen (secondary N) is 1. The molecular formula is C10H18F3NO2. The first kappa shape index (κ1) is 13.7. The van der Waals surface area contributed by atoms with Crippen molar-refractivity contribution in [3.8, 4) is 0 Å². The standard InChI is InChI=1S/C10H18F3NO2/c1-15-9(3-2-4-9)7-14-5-6-16-8-10(11,12)13/h14H,2-8H2,1H3. The Morgan fingerprint density at radius 1 is 1.31 bits per heavy atom. The van der Waals surface area contributed by atoms with Gasteiger partial charge in [0, 0.05) is 20.2 Å². The van der Waals surface area contributed by atoms with Gasteiger partial charge in [0.05, 0.1) is 12.2 Å². The maximum absolute atomic E-state index is 11.7. The van der Waals surface area contributed by atoms with Crippen LogP contribution in [0.15, 0.2) is 0 Å². The molecule has 0 saturated heterocycles. The number of methoxy groups -OCH3 is 1. The Morgan fingerprint density at radius 3 is 2.44 bits per heavy atom. The molecule has 0 amide bonds. The van der Waals surface area contributed by atoms with E-state index in [9.17, 15) is 13.2 Å². The Labute approximate surface area is 93.3 Å². The lowest BCUT2D eigenvalue weighted by Gasteiger charge is -2.40. The van der Waals surface area contributed by atoms with Crippen LogP contribution in [0.3, 0.4) is 0 Å². The smallest absolute Gasteiger partial charge is 0.377 e. The summed E-state index contributed by atoms with van der Waals surface area (Å²) in [5.41, 5.74) is -0.0932. The van der Waals surface area contributed by atoms with Gasteiger partial charge in [0.1, 0.15) is 6.61 Å². The van der Waals surface area contributed by atoms with Gasteiger partial charge >= 0.3 is 6.18 Å². The van der Waals surface area contributed by atoms with Crippen LogP contribution in [-0.2, 0) is 9.47 Å². The van der Waals surface area contributed by atoms with Crippen LogP contribution in [0, 0.1) is 0 Å². The van der Waals surface area contributed by atoms with E-state index in [4.69, 9.17) is 4.74 Å². The molecule has 0 bridgehead atoms. The topological polar surface area (TPSA) is 30.5 Å². The molecule has 0 radical (unpaired) electrons. The first-order valence-corrected chi connectivity index (χ1v) is 5.38. The SMILES string of the molecule is COC1(CNCCOCC(F)(F)F)CCC1. The summed E-state index contributed by atoms with van der Waals surface area (Å²) < 4.78 is 44.9. The van der Waals surface area contributed by atoms with Crippen molar-refractivity contribution in [3.05, 3.63) is 0 Å². The van der Waals surface area contributed by atoms with Gasteiger partial charge in [-0.2, -0.15) is 13.2 Å². The van der Waals surface area contributed by atoms with E-state index in [1.54, 1.807) is 7.11 Å². The van der Waals surface area contributed by atoms with Gasteiger partial charge in [0.25, 0.3) is 0 Å². The van der Waals surface area contributed by atoms with Gasteiger partial charge in [-0.1, -0.05) is 0 Å². The van der Waals surface area contributed by atoms with Crippen LogP contribution in [0.1, 0.15) is 19.3 Å². The predicted octanol–water partition coefficient (Wildman–Crippen LogP) is 1.72. The third-order valence-corrected chi connectivity index (χ3v) is 2.83. The second-order valence-electron chi connectivity index (χ2n) is 4.09. The number of alkyl halides is 3. The number of hydrogen-bond acceptors (Lipinski definition) is 3. The summed E-state index contributed by atoms with van der Waals surface area (Å²) in [5, 5.41) is 3.05. The van der Waals surface area contributed by atoms with Gasteiger partial charge in [-0.25, -0.2) is 0 Å². The van der Waals surface area contributed by atoms with Crippen LogP contribution >= 0.6 is 0 Å². The summed E-state index contributed by atoms with van der Waals surface area (Å²) in [6, 6.07) is 0. The maximum atomic E-state index is 11.7. The van der Waals surface area contributed by atoms with Crippen molar-refractivity contribution < 1.29 is 22.6 Å². The van der Waals surface area contributed by atoms with E-state index in [1.165, 1.54) is 0 Å². The summed E-state index contributed by atoms with van der Waals surface area (Å²) in [6.45, 7) is -0.0104. The molecule has 96 valence electrons. The van der Waals surface area contributed by atoms with E-state index in [1.807, 2.05) is 0 Å². The van der Waals surface area contributed by atoms with Crippen LogP contribution < -0.4 is 5.32 Å². The molecule has 0 atom stereocenters. The molecule has 1 aliphatic carbocycles. The van der Waals surface area contributed by atoms with Gasteiger partial charge in [-0.15, -0.1) is 0 Å². The Morgan fingerprint density at radius 2 is 2.00 bits per heavy atom. The van der Waals surface area contributed by atoms with Crippen molar-refractivity contribution in [1.82, 2.24) is 5.32 Å². The molecule has 1 saturated carbocycles. The third-order valence-electron chi connectivity index (χ3n) is 2.83. The van der Waals surface area contributed by atoms with Gasteiger partial charge < -0.3 is 14.8 Å². The van der Waals surface area contributed by atoms with Crippen molar-refractivity contribution in [2.45, 2.75) is 31.0 Å². The minimum Gasteiger partial charge on any atom is -0.377 e. The first-order chi connectivity index (χ1) is 7.47. The molecule has 0 spiro atoms. The van der Waals surface area contributed by atoms with Crippen molar-refractivity contribution in [1.29, 1.82) is 0 Å². The summed E-state index contributed by atoms with van der Waals surface area (Å²) in [4.78, 5) is 0. The number of ether oxygens (including phenoxy) is 2. The van der Waals surface area contributed by atoms with Gasteiger partial charge in [-0.3, -0.25) is 0 Å². The van der Waals surface area contributed by atoms with E-state index < -0.39 is 12.8 Å². The fourth-order valence-electron chi connectivity index (χ4n) is 1.67. The molecule has 1 rings (SSSR count). The van der Waals surface area contributed by atoms with Crippen LogP contribution in [-0.4, -0.2) is 45.2 Å². The van der Waals surface area contributed by atoms with Crippen LogP contribution in [0.5, 0.6) is 0 Å². The predicted molar refractivity (Wildman–Crippen MR) is 53.3 cm³/mol. The number of hydrogen-bond donors (Lipinski definition) is 1. The largest absolute Gasteiger partial charge is 0.411 e. The lowest BCUT2D eigenvalue weighted by atomic mass is 9.80. The normalized spacial score (nSPS) is 19.5. The van der Waals surface area contributed by atoms with Crippen molar-refractivity contribution in [3.63, 3.8) is 0 Å². The maximum Gasteiger partial charge on any atom is 0.411 e. The van der Waals surface area contributed by atoms with Gasteiger partial charge in [-0.05, 0) is 19.3 Å². The van der Waals surface area contributed by atoms with Crippen LogP contribution in [0.2, 0.25) is 0 Å². The van der Waals surface area contributed by atoms with E-state index in [2.05, 4.69) is 10.1 Å². The average molecular weight is 241 g/mol. The third kappa shape index (κ3) is 4.67. The summed E-state index contributed by atoms with van der Waals surface area (Å²) in [7, 11) is 1.67. The molecule has 1 N–H and O–H groups in total. The fraction of sp³-hybridized carbons (Fsp3) is 1.00. The van der Waals surface area contributed by atoms with Crippen LogP contribution in [0.4, 0.5) is 13.2 Å². The Balaban J connectivity index is 1.96. The minimum atomic E-state index is -4.23. The van der Waals surface area contributed by atoms with Crippen molar-refractivity contribution in [2.24, 2.45) is 0 Å². The molecule has 16 heavy (non-hydrogen) atoms. The lowest BCUT2D eigenvalue weighted by molar-refractivity contribution is -0.173. The molecule has 6 heteroatoms. The van der Waals surface area contributed by atoms with Crippen molar-refractivity contribution >= 4 is 0 Å². The molecule has 3 nitrogen and oxygen atoms in total. The molecule has 0 unspecified atom stereocenters. The van der Waals surface area contributed by atoms with E-state index in [0.29, 0.717) is 13.1 Å². The van der Waals surface area contributed by atoms with Gasteiger partial charge in [0.2, 0.25) is 0 Å². The van der Waals surface area contributed by atoms with E-state index in [0.717, 1.165) is 19.3 Å². The second-order valence-corrected chi connectivity index (χ2v) is 4.09. The molecule has 0 aromatic heterocycles. The highest BCUT2D eigenvalue weighted by molar-refractivity contribution is 4.91. The molecule has 1 fully saturated rings. The Hall–Kier alpha value is -0.330. The summed E-state index contributed by atoms with van der Waals surface area (Å²) >= 11 is 0. The molecule has 0 heterocycles. The van der Waals surface area contributed by atoms with Crippen molar-refractivity contribution in [2.75, 3.05) is 33.4 Å². The summed E-state index contributed by atoms with van der Waals surface area (Å²) in [6.07, 6.45) is -1.05. The Bertz CT molecular complexity index is 199. The molecule has 0 aromatic rings. The molecule has 1 aliphatic rings. The molecule has 0 aliphatic heterocycles. The van der Waals surface area contributed by atoms with E-state index in [-0.39, 0.29) is 12.2 Å². The number of halogens is 3. The molecular weight excluding hydrogens is 223 g/mol. The minimum absolute atomic E-state index is 0.0688. The zero-order valence-corrected chi connectivity index (χ0v) is 9.40. The quantitative estimate of drug-likeness (QED) is 0.688. The highest BCUT2D eigenvalue weighted by atomic mass is 19.4. The monoisotopic (exact) mass is 241 g/mol.